The molecule has 2 fully saturated rings. The highest BCUT2D eigenvalue weighted by Crippen LogP contribution is 2.44. The summed E-state index contributed by atoms with van der Waals surface area (Å²) in [6, 6.07) is 7.84. The minimum Gasteiger partial charge on any atom is -0.383 e. The number of nitrogens with zero attached hydrogens (tertiary/aromatic N) is 2. The molecule has 1 aromatic carbocycles. The Labute approximate surface area is 201 Å². The number of rotatable bonds is 5. The van der Waals surface area contributed by atoms with Gasteiger partial charge in [0.1, 0.15) is 11.7 Å². The van der Waals surface area contributed by atoms with E-state index in [1.165, 1.54) is 5.57 Å². The number of likely N-dealkylation sites (tertiary alicyclic amines) is 1. The molecule has 2 aromatic rings. The van der Waals surface area contributed by atoms with Gasteiger partial charge in [0.25, 0.3) is 0 Å². The molecule has 1 aliphatic carbocycles. The molecule has 1 spiro atoms. The van der Waals surface area contributed by atoms with Crippen molar-refractivity contribution >= 4 is 28.2 Å². The first-order chi connectivity index (χ1) is 15.9. The average Bonchev–Trinajstić information content (AvgIpc) is 2.80. The number of benzene rings is 1. The van der Waals surface area contributed by atoms with Crippen LogP contribution in [0.25, 0.3) is 10.9 Å². The van der Waals surface area contributed by atoms with Gasteiger partial charge in [-0.15, -0.1) is 0 Å². The maximum atomic E-state index is 6.60. The number of hydrogen-bond acceptors (Lipinski definition) is 6. The average molecular weight is 472 g/mol. The van der Waals surface area contributed by atoms with Crippen molar-refractivity contribution in [2.24, 2.45) is 5.92 Å². The fourth-order valence-electron chi connectivity index (χ4n) is 5.08. The number of piperidine rings is 1. The lowest BCUT2D eigenvalue weighted by atomic mass is 9.80. The van der Waals surface area contributed by atoms with Gasteiger partial charge in [0.05, 0.1) is 5.52 Å². The number of fused-ring (bicyclic) bond motifs is 2. The summed E-state index contributed by atoms with van der Waals surface area (Å²) < 4.78 is 6.60. The number of anilines is 1. The summed E-state index contributed by atoms with van der Waals surface area (Å²) >= 11 is 6.11. The van der Waals surface area contributed by atoms with E-state index in [0.29, 0.717) is 10.9 Å². The van der Waals surface area contributed by atoms with E-state index in [0.717, 1.165) is 68.5 Å². The van der Waals surface area contributed by atoms with Crippen LogP contribution < -0.4 is 5.32 Å². The van der Waals surface area contributed by atoms with Crippen LogP contribution in [-0.2, 0) is 14.5 Å². The molecule has 1 aromatic heterocycles. The third-order valence-electron chi connectivity index (χ3n) is 7.41. The number of halogens is 1. The molecule has 2 saturated heterocycles. The fraction of sp³-hybridized carbons (Fsp3) is 0.577. The maximum absolute atomic E-state index is 6.60. The highest BCUT2D eigenvalue weighted by Gasteiger charge is 2.52. The van der Waals surface area contributed by atoms with Crippen molar-refractivity contribution in [3.8, 4) is 0 Å². The first-order valence-corrected chi connectivity index (χ1v) is 12.5. The fourth-order valence-corrected chi connectivity index (χ4v) is 5.25. The Hall–Kier alpha value is -1.70. The van der Waals surface area contributed by atoms with E-state index >= 15 is 0 Å². The SMILES string of the molecule is CC(C)C1=CC2OC3(CCN(CCNc4ccnc5cc(Cl)ccc45)CC3)OOC2(C)CC1. The van der Waals surface area contributed by atoms with Gasteiger partial charge < -0.3 is 15.0 Å². The Bertz CT molecular complexity index is 1030. The quantitative estimate of drug-likeness (QED) is 0.454. The van der Waals surface area contributed by atoms with E-state index in [4.69, 9.17) is 26.1 Å². The van der Waals surface area contributed by atoms with Gasteiger partial charge in [0.2, 0.25) is 5.79 Å². The first kappa shape index (κ1) is 23.1. The van der Waals surface area contributed by atoms with Crippen LogP contribution in [0.5, 0.6) is 0 Å². The van der Waals surface area contributed by atoms with Crippen LogP contribution in [0.1, 0.15) is 46.5 Å². The topological polar surface area (TPSA) is 55.9 Å². The molecule has 3 heterocycles. The molecule has 0 radical (unpaired) electrons. The molecule has 33 heavy (non-hydrogen) atoms. The van der Waals surface area contributed by atoms with E-state index in [-0.39, 0.29) is 11.7 Å². The van der Waals surface area contributed by atoms with Crippen molar-refractivity contribution in [1.29, 1.82) is 0 Å². The van der Waals surface area contributed by atoms with Gasteiger partial charge in [-0.05, 0) is 49.9 Å². The van der Waals surface area contributed by atoms with E-state index in [1.807, 2.05) is 30.5 Å². The monoisotopic (exact) mass is 471 g/mol. The van der Waals surface area contributed by atoms with Crippen LogP contribution in [0.15, 0.2) is 42.1 Å². The molecule has 0 bridgehead atoms. The number of aromatic nitrogens is 1. The molecule has 7 heteroatoms. The Morgan fingerprint density at radius 1 is 1.18 bits per heavy atom. The molecular formula is C26H34ClN3O3. The smallest absolute Gasteiger partial charge is 0.204 e. The summed E-state index contributed by atoms with van der Waals surface area (Å²) in [5.41, 5.74) is 3.07. The summed E-state index contributed by atoms with van der Waals surface area (Å²) in [5, 5.41) is 5.35. The normalized spacial score (nSPS) is 27.5. The zero-order valence-corrected chi connectivity index (χ0v) is 20.5. The number of ether oxygens (including phenoxy) is 1. The Balaban J connectivity index is 1.15. The van der Waals surface area contributed by atoms with Gasteiger partial charge in [-0.3, -0.25) is 4.98 Å². The van der Waals surface area contributed by atoms with E-state index in [9.17, 15) is 0 Å². The Kier molecular flexibility index (Phi) is 6.40. The van der Waals surface area contributed by atoms with Crippen molar-refractivity contribution < 1.29 is 14.5 Å². The molecule has 1 N–H and O–H groups in total. The second kappa shape index (κ2) is 9.16. The molecule has 6 nitrogen and oxygen atoms in total. The zero-order valence-electron chi connectivity index (χ0n) is 19.8. The highest BCUT2D eigenvalue weighted by atomic mass is 35.5. The molecule has 0 amide bonds. The summed E-state index contributed by atoms with van der Waals surface area (Å²) in [6.07, 6.45) is 7.67. The van der Waals surface area contributed by atoms with Crippen molar-refractivity contribution in [3.63, 3.8) is 0 Å². The summed E-state index contributed by atoms with van der Waals surface area (Å²) in [5.74, 6) is -0.0919. The predicted octanol–water partition coefficient (Wildman–Crippen LogP) is 5.57. The van der Waals surface area contributed by atoms with Gasteiger partial charge in [0.15, 0.2) is 0 Å². The standard InChI is InChI=1S/C26H34ClN3O3/c1-18(2)19-6-8-25(3)24(16-19)31-26(33-32-25)9-13-30(14-10-26)15-12-29-22-7-11-28-23-17-20(27)4-5-21(22)23/h4-5,7,11,16-18,24H,6,8-10,12-15H2,1-3H3,(H,28,29). The van der Waals surface area contributed by atoms with Crippen LogP contribution in [0, 0.1) is 5.92 Å². The van der Waals surface area contributed by atoms with E-state index < -0.39 is 5.79 Å². The van der Waals surface area contributed by atoms with Gasteiger partial charge >= 0.3 is 0 Å². The van der Waals surface area contributed by atoms with Crippen LogP contribution in [-0.4, -0.2) is 53.6 Å². The molecule has 3 aliphatic rings. The molecule has 2 unspecified atom stereocenters. The number of nitrogens with one attached hydrogen (secondary N) is 1. The lowest BCUT2D eigenvalue weighted by Crippen LogP contribution is -2.60. The van der Waals surface area contributed by atoms with Crippen molar-refractivity contribution in [2.45, 2.75) is 63.9 Å². The largest absolute Gasteiger partial charge is 0.383 e. The maximum Gasteiger partial charge on any atom is 0.204 e. The van der Waals surface area contributed by atoms with Gasteiger partial charge in [-0.1, -0.05) is 37.1 Å². The lowest BCUT2D eigenvalue weighted by Gasteiger charge is -2.51. The summed E-state index contributed by atoms with van der Waals surface area (Å²) in [4.78, 5) is 18.8. The van der Waals surface area contributed by atoms with Crippen molar-refractivity contribution in [3.05, 3.63) is 47.1 Å². The third-order valence-corrected chi connectivity index (χ3v) is 7.65. The first-order valence-electron chi connectivity index (χ1n) is 12.1. The second-order valence-electron chi connectivity index (χ2n) is 10.1. The lowest BCUT2D eigenvalue weighted by molar-refractivity contribution is -0.527. The minimum atomic E-state index is -0.634. The van der Waals surface area contributed by atoms with Crippen LogP contribution >= 0.6 is 11.6 Å². The third kappa shape index (κ3) is 4.77. The highest BCUT2D eigenvalue weighted by molar-refractivity contribution is 6.31. The summed E-state index contributed by atoms with van der Waals surface area (Å²) in [7, 11) is 0. The van der Waals surface area contributed by atoms with E-state index in [1.54, 1.807) is 0 Å². The molecule has 178 valence electrons. The van der Waals surface area contributed by atoms with Crippen LogP contribution in [0.4, 0.5) is 5.69 Å². The number of hydrogen-bond donors (Lipinski definition) is 1. The van der Waals surface area contributed by atoms with Crippen molar-refractivity contribution in [2.75, 3.05) is 31.5 Å². The number of allylic oxidation sites excluding steroid dienone is 1. The van der Waals surface area contributed by atoms with Crippen LogP contribution in [0.3, 0.4) is 0 Å². The Morgan fingerprint density at radius 2 is 2.00 bits per heavy atom. The molecule has 2 atom stereocenters. The molecule has 0 saturated carbocycles. The number of pyridine rings is 1. The molecule has 5 rings (SSSR count). The molecule has 2 aliphatic heterocycles. The Morgan fingerprint density at radius 3 is 2.79 bits per heavy atom. The van der Waals surface area contributed by atoms with E-state index in [2.05, 4.69) is 42.0 Å². The van der Waals surface area contributed by atoms with Gasteiger partial charge in [-0.2, -0.15) is 0 Å². The van der Waals surface area contributed by atoms with Gasteiger partial charge in [0, 0.05) is 61.3 Å². The second-order valence-corrected chi connectivity index (χ2v) is 10.5. The van der Waals surface area contributed by atoms with Crippen molar-refractivity contribution in [1.82, 2.24) is 9.88 Å². The summed E-state index contributed by atoms with van der Waals surface area (Å²) in [6.45, 7) is 10.3. The molecular weight excluding hydrogens is 438 g/mol. The predicted molar refractivity (Wildman–Crippen MR) is 131 cm³/mol. The minimum absolute atomic E-state index is 0.0425. The zero-order chi connectivity index (χ0) is 23.1. The van der Waals surface area contributed by atoms with Gasteiger partial charge in [-0.25, -0.2) is 9.78 Å². The van der Waals surface area contributed by atoms with Crippen LogP contribution in [0.2, 0.25) is 5.02 Å².